The van der Waals surface area contributed by atoms with Gasteiger partial charge in [0.05, 0.1) is 6.54 Å². The van der Waals surface area contributed by atoms with Crippen LogP contribution in [0.2, 0.25) is 0 Å². The number of hydrogen-bond acceptors (Lipinski definition) is 5. The van der Waals surface area contributed by atoms with Crippen molar-refractivity contribution in [3.63, 3.8) is 0 Å². The van der Waals surface area contributed by atoms with Crippen molar-refractivity contribution in [2.75, 3.05) is 45.1 Å². The molecule has 0 spiro atoms. The summed E-state index contributed by atoms with van der Waals surface area (Å²) in [5.41, 5.74) is 1.60. The van der Waals surface area contributed by atoms with Gasteiger partial charge in [-0.05, 0) is 17.7 Å². The van der Waals surface area contributed by atoms with Gasteiger partial charge in [-0.3, -0.25) is 24.7 Å². The standard InChI is InChI=1S/C22H27N5O3/c1-23-22(30)25-21(29)20(17-8-4-2-5-9-17)27-14-12-26(13-15-27)16-19(28)24-18-10-6-3-7-11-18/h2-11,20H,12-16H2,1H3,(H,24,28)(H2,23,25,29,30)/t20-/m0/s1. The third kappa shape index (κ3) is 5.88. The third-order valence-corrected chi connectivity index (χ3v) is 5.02. The van der Waals surface area contributed by atoms with Gasteiger partial charge in [0.25, 0.3) is 0 Å². The summed E-state index contributed by atoms with van der Waals surface area (Å²) in [4.78, 5) is 40.8. The fourth-order valence-corrected chi connectivity index (χ4v) is 3.51. The van der Waals surface area contributed by atoms with Gasteiger partial charge < -0.3 is 10.6 Å². The smallest absolute Gasteiger partial charge is 0.321 e. The number of nitrogens with zero attached hydrogens (tertiary/aromatic N) is 2. The number of benzene rings is 2. The summed E-state index contributed by atoms with van der Waals surface area (Å²) in [6, 6.07) is 17.7. The minimum atomic E-state index is -0.566. The topological polar surface area (TPSA) is 93.8 Å². The second kappa shape index (κ2) is 10.5. The lowest BCUT2D eigenvalue weighted by Gasteiger charge is -2.38. The highest BCUT2D eigenvalue weighted by molar-refractivity contribution is 5.97. The molecule has 0 unspecified atom stereocenters. The molecule has 30 heavy (non-hydrogen) atoms. The number of anilines is 1. The lowest BCUT2D eigenvalue weighted by atomic mass is 10.0. The van der Waals surface area contributed by atoms with Crippen molar-refractivity contribution in [2.24, 2.45) is 0 Å². The van der Waals surface area contributed by atoms with Crippen LogP contribution in [0.25, 0.3) is 0 Å². The molecular weight excluding hydrogens is 382 g/mol. The number of amides is 4. The van der Waals surface area contributed by atoms with E-state index in [1.165, 1.54) is 7.05 Å². The fraction of sp³-hybridized carbons (Fsp3) is 0.318. The summed E-state index contributed by atoms with van der Waals surface area (Å²) >= 11 is 0. The molecule has 0 aliphatic carbocycles. The minimum Gasteiger partial charge on any atom is -0.341 e. The predicted molar refractivity (Wildman–Crippen MR) is 115 cm³/mol. The SMILES string of the molecule is CNC(=O)NC(=O)[C@H](c1ccccc1)N1CCN(CC(=O)Nc2ccccc2)CC1. The first-order chi connectivity index (χ1) is 14.6. The molecule has 2 aromatic rings. The second-order valence-electron chi connectivity index (χ2n) is 7.11. The van der Waals surface area contributed by atoms with Crippen LogP contribution in [0.4, 0.5) is 10.5 Å². The van der Waals surface area contributed by atoms with Crippen molar-refractivity contribution in [2.45, 2.75) is 6.04 Å². The minimum absolute atomic E-state index is 0.0633. The normalized spacial score (nSPS) is 15.8. The second-order valence-corrected chi connectivity index (χ2v) is 7.11. The molecule has 1 heterocycles. The first-order valence-electron chi connectivity index (χ1n) is 9.95. The molecule has 3 N–H and O–H groups in total. The molecule has 158 valence electrons. The molecule has 1 fully saturated rings. The Morgan fingerprint density at radius 2 is 1.50 bits per heavy atom. The number of piperazine rings is 1. The summed E-state index contributed by atoms with van der Waals surface area (Å²) in [5.74, 6) is -0.428. The quantitative estimate of drug-likeness (QED) is 0.671. The van der Waals surface area contributed by atoms with Crippen LogP contribution in [0.15, 0.2) is 60.7 Å². The summed E-state index contributed by atoms with van der Waals surface area (Å²) in [6.07, 6.45) is 0. The monoisotopic (exact) mass is 409 g/mol. The van der Waals surface area contributed by atoms with E-state index in [0.717, 1.165) is 11.3 Å². The number of hydrogen-bond donors (Lipinski definition) is 3. The molecule has 1 saturated heterocycles. The van der Waals surface area contributed by atoms with Crippen LogP contribution in [-0.2, 0) is 9.59 Å². The van der Waals surface area contributed by atoms with E-state index in [1.54, 1.807) is 0 Å². The van der Waals surface area contributed by atoms with Gasteiger partial charge in [-0.1, -0.05) is 48.5 Å². The van der Waals surface area contributed by atoms with E-state index in [4.69, 9.17) is 0 Å². The van der Waals surface area contributed by atoms with Crippen LogP contribution in [0.5, 0.6) is 0 Å². The average molecular weight is 409 g/mol. The molecule has 1 aliphatic rings. The summed E-state index contributed by atoms with van der Waals surface area (Å²) in [7, 11) is 1.47. The van der Waals surface area contributed by atoms with Gasteiger partial charge >= 0.3 is 6.03 Å². The Labute approximate surface area is 176 Å². The highest BCUT2D eigenvalue weighted by Crippen LogP contribution is 2.22. The number of para-hydroxylation sites is 1. The van der Waals surface area contributed by atoms with Gasteiger partial charge in [-0.15, -0.1) is 0 Å². The zero-order chi connectivity index (χ0) is 21.3. The molecular formula is C22H27N5O3. The van der Waals surface area contributed by atoms with Gasteiger partial charge in [0.2, 0.25) is 11.8 Å². The van der Waals surface area contributed by atoms with Crippen molar-refractivity contribution in [3.05, 3.63) is 66.2 Å². The molecule has 0 bridgehead atoms. The van der Waals surface area contributed by atoms with Gasteiger partial charge in [0, 0.05) is 38.9 Å². The van der Waals surface area contributed by atoms with Crippen molar-refractivity contribution >= 4 is 23.5 Å². The number of nitrogens with one attached hydrogen (secondary N) is 3. The predicted octanol–water partition coefficient (Wildman–Crippen LogP) is 1.44. The Morgan fingerprint density at radius 1 is 0.900 bits per heavy atom. The van der Waals surface area contributed by atoms with Crippen molar-refractivity contribution in [3.8, 4) is 0 Å². The average Bonchev–Trinajstić information content (AvgIpc) is 2.76. The Bertz CT molecular complexity index is 852. The van der Waals surface area contributed by atoms with Crippen LogP contribution in [-0.4, -0.2) is 67.4 Å². The Balaban J connectivity index is 1.59. The zero-order valence-electron chi connectivity index (χ0n) is 17.0. The first kappa shape index (κ1) is 21.5. The van der Waals surface area contributed by atoms with Crippen molar-refractivity contribution < 1.29 is 14.4 Å². The van der Waals surface area contributed by atoms with E-state index in [-0.39, 0.29) is 11.8 Å². The molecule has 4 amide bonds. The molecule has 3 rings (SSSR count). The van der Waals surface area contributed by atoms with Gasteiger partial charge in [-0.25, -0.2) is 4.79 Å². The van der Waals surface area contributed by atoms with Crippen LogP contribution in [0.1, 0.15) is 11.6 Å². The molecule has 0 aromatic heterocycles. The Hall–Kier alpha value is -3.23. The first-order valence-corrected chi connectivity index (χ1v) is 9.95. The number of urea groups is 1. The highest BCUT2D eigenvalue weighted by atomic mass is 16.2. The summed E-state index contributed by atoms with van der Waals surface area (Å²) in [5, 5.41) is 7.69. The molecule has 8 nitrogen and oxygen atoms in total. The summed E-state index contributed by atoms with van der Waals surface area (Å²) in [6.45, 7) is 2.82. The number of rotatable bonds is 6. The molecule has 1 atom stereocenters. The van der Waals surface area contributed by atoms with Crippen LogP contribution in [0, 0.1) is 0 Å². The number of imide groups is 1. The van der Waals surface area contributed by atoms with Crippen LogP contribution in [0.3, 0.4) is 0 Å². The summed E-state index contributed by atoms with van der Waals surface area (Å²) < 4.78 is 0. The van der Waals surface area contributed by atoms with Crippen molar-refractivity contribution in [1.82, 2.24) is 20.4 Å². The van der Waals surface area contributed by atoms with E-state index in [9.17, 15) is 14.4 Å². The Morgan fingerprint density at radius 3 is 2.10 bits per heavy atom. The highest BCUT2D eigenvalue weighted by Gasteiger charge is 2.31. The molecule has 2 aromatic carbocycles. The fourth-order valence-electron chi connectivity index (χ4n) is 3.51. The maximum atomic E-state index is 12.8. The van der Waals surface area contributed by atoms with E-state index in [1.807, 2.05) is 65.6 Å². The molecule has 0 saturated carbocycles. The molecule has 1 aliphatic heterocycles. The Kier molecular flexibility index (Phi) is 7.53. The molecule has 0 radical (unpaired) electrons. The lowest BCUT2D eigenvalue weighted by Crippen LogP contribution is -2.53. The van der Waals surface area contributed by atoms with Crippen LogP contribution < -0.4 is 16.0 Å². The number of carbonyl (C=O) groups is 3. The van der Waals surface area contributed by atoms with E-state index in [0.29, 0.717) is 32.7 Å². The van der Waals surface area contributed by atoms with E-state index >= 15 is 0 Å². The van der Waals surface area contributed by atoms with Gasteiger partial charge in [0.15, 0.2) is 0 Å². The lowest BCUT2D eigenvalue weighted by molar-refractivity contribution is -0.127. The van der Waals surface area contributed by atoms with Gasteiger partial charge in [-0.2, -0.15) is 0 Å². The van der Waals surface area contributed by atoms with Crippen molar-refractivity contribution in [1.29, 1.82) is 0 Å². The van der Waals surface area contributed by atoms with Crippen LogP contribution >= 0.6 is 0 Å². The maximum absolute atomic E-state index is 12.8. The van der Waals surface area contributed by atoms with Gasteiger partial charge in [0.1, 0.15) is 6.04 Å². The number of carbonyl (C=O) groups excluding carboxylic acids is 3. The zero-order valence-corrected chi connectivity index (χ0v) is 17.0. The van der Waals surface area contributed by atoms with E-state index in [2.05, 4.69) is 20.9 Å². The maximum Gasteiger partial charge on any atom is 0.321 e. The third-order valence-electron chi connectivity index (χ3n) is 5.02. The molecule has 8 heteroatoms. The largest absolute Gasteiger partial charge is 0.341 e. The van der Waals surface area contributed by atoms with E-state index < -0.39 is 12.1 Å².